The lowest BCUT2D eigenvalue weighted by molar-refractivity contribution is 0.102. The van der Waals surface area contributed by atoms with Crippen LogP contribution in [0.25, 0.3) is 0 Å². The molecule has 0 aliphatic rings. The van der Waals surface area contributed by atoms with Gasteiger partial charge in [-0.05, 0) is 80.6 Å². The van der Waals surface area contributed by atoms with Gasteiger partial charge in [-0.3, -0.25) is 9.52 Å². The lowest BCUT2D eigenvalue weighted by Crippen LogP contribution is -2.34. The lowest BCUT2D eigenvalue weighted by Gasteiger charge is -2.11. The number of urea groups is 1. The van der Waals surface area contributed by atoms with E-state index in [-0.39, 0.29) is 17.0 Å². The quantitative estimate of drug-likeness (QED) is 0.379. The van der Waals surface area contributed by atoms with E-state index >= 15 is 0 Å². The van der Waals surface area contributed by atoms with E-state index in [4.69, 9.17) is 11.6 Å². The van der Waals surface area contributed by atoms with E-state index in [1.807, 2.05) is 13.8 Å². The summed E-state index contributed by atoms with van der Waals surface area (Å²) in [5.41, 5.74) is 1.56. The van der Waals surface area contributed by atoms with Crippen LogP contribution in [0, 0.1) is 0 Å². The number of carbonyl (C=O) groups excluding carboxylic acids is 2. The van der Waals surface area contributed by atoms with Crippen molar-refractivity contribution in [1.82, 2.24) is 5.32 Å². The summed E-state index contributed by atoms with van der Waals surface area (Å²) in [6.45, 7) is 3.70. The molecule has 0 aliphatic heterocycles. The maximum absolute atomic E-state index is 12.7. The summed E-state index contributed by atoms with van der Waals surface area (Å²) in [4.78, 5) is 24.3. The Bertz CT molecular complexity index is 1240. The van der Waals surface area contributed by atoms with Crippen LogP contribution >= 0.6 is 11.6 Å². The van der Waals surface area contributed by atoms with Crippen LogP contribution in [0.1, 0.15) is 24.2 Å². The van der Waals surface area contributed by atoms with Crippen molar-refractivity contribution in [1.29, 1.82) is 0 Å². The average Bonchev–Trinajstić information content (AvgIpc) is 2.75. The number of benzene rings is 3. The fourth-order valence-electron chi connectivity index (χ4n) is 2.81. The van der Waals surface area contributed by atoms with Gasteiger partial charge < -0.3 is 16.0 Å². The number of hydrogen-bond acceptors (Lipinski definition) is 4. The van der Waals surface area contributed by atoms with Crippen molar-refractivity contribution in [3.63, 3.8) is 0 Å². The zero-order chi connectivity index (χ0) is 24.0. The summed E-state index contributed by atoms with van der Waals surface area (Å²) in [5.74, 6) is -0.423. The molecule has 0 saturated heterocycles. The fraction of sp³-hybridized carbons (Fsp3) is 0.130. The van der Waals surface area contributed by atoms with Crippen LogP contribution in [-0.2, 0) is 10.0 Å². The minimum atomic E-state index is -3.87. The summed E-state index contributed by atoms with van der Waals surface area (Å²) < 4.78 is 27.8. The summed E-state index contributed by atoms with van der Waals surface area (Å²) in [6.07, 6.45) is 0. The van der Waals surface area contributed by atoms with E-state index in [0.717, 1.165) is 0 Å². The molecule has 0 bridgehead atoms. The van der Waals surface area contributed by atoms with Gasteiger partial charge in [-0.2, -0.15) is 0 Å². The van der Waals surface area contributed by atoms with E-state index in [2.05, 4.69) is 20.7 Å². The topological polar surface area (TPSA) is 116 Å². The molecule has 3 aromatic carbocycles. The third kappa shape index (κ3) is 6.96. The zero-order valence-corrected chi connectivity index (χ0v) is 19.5. The molecule has 10 heteroatoms. The number of rotatable bonds is 7. The molecule has 172 valence electrons. The van der Waals surface area contributed by atoms with Crippen molar-refractivity contribution in [3.05, 3.63) is 83.4 Å². The van der Waals surface area contributed by atoms with Crippen molar-refractivity contribution >= 4 is 50.6 Å². The van der Waals surface area contributed by atoms with Gasteiger partial charge in [0.25, 0.3) is 15.9 Å². The van der Waals surface area contributed by atoms with Gasteiger partial charge in [0.2, 0.25) is 0 Å². The second kappa shape index (κ2) is 10.4. The van der Waals surface area contributed by atoms with Gasteiger partial charge in [0, 0.05) is 33.7 Å². The highest BCUT2D eigenvalue weighted by atomic mass is 35.5. The van der Waals surface area contributed by atoms with Gasteiger partial charge in [-0.25, -0.2) is 13.2 Å². The highest BCUT2D eigenvalue weighted by Gasteiger charge is 2.16. The van der Waals surface area contributed by atoms with Gasteiger partial charge in [0.05, 0.1) is 4.90 Å². The smallest absolute Gasteiger partial charge is 0.319 e. The number of carbonyl (C=O) groups is 2. The van der Waals surface area contributed by atoms with E-state index < -0.39 is 15.9 Å². The first kappa shape index (κ1) is 24.1. The number of halogens is 1. The minimum Gasteiger partial charge on any atom is -0.336 e. The maximum atomic E-state index is 12.7. The van der Waals surface area contributed by atoms with Gasteiger partial charge in [0.15, 0.2) is 0 Å². The molecule has 0 radical (unpaired) electrons. The molecule has 0 aliphatic carbocycles. The molecule has 3 amide bonds. The van der Waals surface area contributed by atoms with Crippen LogP contribution < -0.4 is 20.7 Å². The Balaban J connectivity index is 1.67. The Morgan fingerprint density at radius 1 is 0.818 bits per heavy atom. The molecule has 33 heavy (non-hydrogen) atoms. The number of sulfonamides is 1. The number of hydrogen-bond donors (Lipinski definition) is 4. The molecule has 3 rings (SSSR count). The fourth-order valence-corrected chi connectivity index (χ4v) is 4.04. The maximum Gasteiger partial charge on any atom is 0.319 e. The highest BCUT2D eigenvalue weighted by Crippen LogP contribution is 2.21. The number of nitrogens with one attached hydrogen (secondary N) is 4. The van der Waals surface area contributed by atoms with E-state index in [0.29, 0.717) is 27.6 Å². The first-order valence-electron chi connectivity index (χ1n) is 10.00. The normalized spacial score (nSPS) is 11.0. The molecule has 3 aromatic rings. The second-order valence-electron chi connectivity index (χ2n) is 7.42. The van der Waals surface area contributed by atoms with Crippen LogP contribution in [-0.4, -0.2) is 26.4 Å². The van der Waals surface area contributed by atoms with E-state index in [9.17, 15) is 18.0 Å². The predicted molar refractivity (Wildman–Crippen MR) is 130 cm³/mol. The van der Waals surface area contributed by atoms with Crippen molar-refractivity contribution in [2.24, 2.45) is 0 Å². The summed E-state index contributed by atoms with van der Waals surface area (Å²) >= 11 is 5.83. The molecule has 4 N–H and O–H groups in total. The van der Waals surface area contributed by atoms with Crippen LogP contribution in [0.4, 0.5) is 21.9 Å². The third-order valence-corrected chi connectivity index (χ3v) is 5.95. The van der Waals surface area contributed by atoms with Crippen LogP contribution in [0.2, 0.25) is 5.02 Å². The van der Waals surface area contributed by atoms with E-state index in [1.54, 1.807) is 54.6 Å². The zero-order valence-electron chi connectivity index (χ0n) is 17.9. The van der Waals surface area contributed by atoms with Gasteiger partial charge in [-0.15, -0.1) is 0 Å². The molecule has 0 unspecified atom stereocenters. The Morgan fingerprint density at radius 3 is 2.09 bits per heavy atom. The minimum absolute atomic E-state index is 0.00369. The first-order chi connectivity index (χ1) is 15.6. The summed E-state index contributed by atoms with van der Waals surface area (Å²) in [6, 6.07) is 18.2. The highest BCUT2D eigenvalue weighted by molar-refractivity contribution is 7.92. The SMILES string of the molecule is CC(C)NC(=O)Nc1ccc(C(=O)Nc2cccc(S(=O)(=O)Nc3ccc(Cl)cc3)c2)cc1. The largest absolute Gasteiger partial charge is 0.336 e. The Morgan fingerprint density at radius 2 is 1.45 bits per heavy atom. The van der Waals surface area contributed by atoms with Gasteiger partial charge >= 0.3 is 6.03 Å². The Hall–Kier alpha value is -3.56. The van der Waals surface area contributed by atoms with Crippen molar-refractivity contribution in [3.8, 4) is 0 Å². The molecule has 0 atom stereocenters. The lowest BCUT2D eigenvalue weighted by atomic mass is 10.2. The van der Waals surface area contributed by atoms with Gasteiger partial charge in [-0.1, -0.05) is 17.7 Å². The molecule has 8 nitrogen and oxygen atoms in total. The predicted octanol–water partition coefficient (Wildman–Crippen LogP) is 4.92. The first-order valence-corrected chi connectivity index (χ1v) is 11.9. The molecule has 0 aromatic heterocycles. The summed E-state index contributed by atoms with van der Waals surface area (Å²) in [7, 11) is -3.87. The van der Waals surface area contributed by atoms with Crippen molar-refractivity contribution in [2.75, 3.05) is 15.4 Å². The van der Waals surface area contributed by atoms with Gasteiger partial charge in [0.1, 0.15) is 0 Å². The van der Waals surface area contributed by atoms with E-state index in [1.165, 1.54) is 18.2 Å². The molecular weight excluding hydrogens is 464 g/mol. The molecule has 0 saturated carbocycles. The van der Waals surface area contributed by atoms with Crippen molar-refractivity contribution < 1.29 is 18.0 Å². The average molecular weight is 487 g/mol. The van der Waals surface area contributed by atoms with Crippen molar-refractivity contribution in [2.45, 2.75) is 24.8 Å². The Labute approximate surface area is 197 Å². The number of amides is 3. The van der Waals surface area contributed by atoms with Crippen LogP contribution in [0.3, 0.4) is 0 Å². The Kier molecular flexibility index (Phi) is 7.57. The standard InChI is InChI=1S/C23H23ClN4O4S/c1-15(2)25-23(30)27-18-10-6-16(7-11-18)22(29)26-20-4-3-5-21(14-20)33(31,32)28-19-12-8-17(24)9-13-19/h3-15,28H,1-2H3,(H,26,29)(H2,25,27,30). The number of anilines is 3. The molecule has 0 heterocycles. The monoisotopic (exact) mass is 486 g/mol. The summed E-state index contributed by atoms with van der Waals surface area (Å²) in [5, 5.41) is 8.55. The molecule has 0 fully saturated rings. The van der Waals surface area contributed by atoms with Crippen LogP contribution in [0.15, 0.2) is 77.7 Å². The molecule has 0 spiro atoms. The van der Waals surface area contributed by atoms with Crippen LogP contribution in [0.5, 0.6) is 0 Å². The third-order valence-electron chi connectivity index (χ3n) is 4.32. The molecular formula is C23H23ClN4O4S. The second-order valence-corrected chi connectivity index (χ2v) is 9.54.